The molecule has 0 aromatic heterocycles. The maximum atomic E-state index is 8.43. The Labute approximate surface area is 78.2 Å². The Hall–Kier alpha value is -1.69. The fraction of sp³-hybridized carbons (Fsp3) is 0.300. The average molecular weight is 176 g/mol. The van der Waals surface area contributed by atoms with E-state index in [1.54, 1.807) is 12.3 Å². The lowest BCUT2D eigenvalue weighted by Gasteiger charge is -2.17. The first-order valence-electron chi connectivity index (χ1n) is 3.99. The lowest BCUT2D eigenvalue weighted by Crippen LogP contribution is -2.11. The van der Waals surface area contributed by atoms with Crippen LogP contribution in [0, 0.1) is 18.4 Å². The predicted molar refractivity (Wildman–Crippen MR) is 51.7 cm³/mol. The summed E-state index contributed by atoms with van der Waals surface area (Å²) in [5.41, 5.74) is 2.04. The van der Waals surface area contributed by atoms with Crippen molar-refractivity contribution in [1.29, 1.82) is 5.26 Å². The van der Waals surface area contributed by atoms with Crippen LogP contribution in [0.5, 0.6) is 5.75 Å². The molecular formula is C10H12N2O. The van der Waals surface area contributed by atoms with Gasteiger partial charge < -0.3 is 9.64 Å². The molecular weight excluding hydrogens is 164 g/mol. The number of anilines is 1. The zero-order valence-electron chi connectivity index (χ0n) is 8.03. The first-order valence-corrected chi connectivity index (χ1v) is 3.99. The van der Waals surface area contributed by atoms with Crippen molar-refractivity contribution in [2.75, 3.05) is 19.0 Å². The summed E-state index contributed by atoms with van der Waals surface area (Å²) in [6.45, 7) is 1.99. The molecule has 0 atom stereocenters. The number of nitriles is 1. The molecule has 0 fully saturated rings. The van der Waals surface area contributed by atoms with Crippen molar-refractivity contribution in [2.24, 2.45) is 0 Å². The minimum Gasteiger partial charge on any atom is -0.386 e. The summed E-state index contributed by atoms with van der Waals surface area (Å²) in [6.07, 6.45) is 1.68. The fourth-order valence-electron chi connectivity index (χ4n) is 1.34. The molecule has 0 aliphatic carbocycles. The molecule has 68 valence electrons. The number of ether oxygens (including phenoxy) is 1. The number of rotatable bonds is 2. The van der Waals surface area contributed by atoms with Gasteiger partial charge >= 0.3 is 0 Å². The average Bonchev–Trinajstić information content (AvgIpc) is 2.04. The van der Waals surface area contributed by atoms with E-state index in [-0.39, 0.29) is 0 Å². The van der Waals surface area contributed by atoms with Crippen LogP contribution in [0.3, 0.4) is 0 Å². The van der Waals surface area contributed by atoms with Crippen LogP contribution in [-0.4, -0.2) is 14.1 Å². The summed E-state index contributed by atoms with van der Waals surface area (Å²) in [7, 11) is 3.85. The number of benzene rings is 1. The van der Waals surface area contributed by atoms with E-state index in [4.69, 9.17) is 10.00 Å². The van der Waals surface area contributed by atoms with Gasteiger partial charge in [0.05, 0.1) is 5.69 Å². The quantitative estimate of drug-likeness (QED) is 0.646. The smallest absolute Gasteiger partial charge is 0.292 e. The summed E-state index contributed by atoms with van der Waals surface area (Å²) >= 11 is 0. The van der Waals surface area contributed by atoms with Crippen molar-refractivity contribution < 1.29 is 4.74 Å². The summed E-state index contributed by atoms with van der Waals surface area (Å²) in [6, 6.07) is 5.64. The second kappa shape index (κ2) is 3.81. The molecule has 0 saturated heterocycles. The van der Waals surface area contributed by atoms with E-state index in [1.807, 2.05) is 38.1 Å². The zero-order valence-corrected chi connectivity index (χ0v) is 8.03. The van der Waals surface area contributed by atoms with Crippen molar-refractivity contribution in [3.63, 3.8) is 0 Å². The third kappa shape index (κ3) is 1.91. The Bertz CT molecular complexity index is 339. The first kappa shape index (κ1) is 9.40. The third-order valence-electron chi connectivity index (χ3n) is 1.80. The highest BCUT2D eigenvalue weighted by Gasteiger charge is 2.08. The van der Waals surface area contributed by atoms with E-state index in [9.17, 15) is 0 Å². The van der Waals surface area contributed by atoms with Gasteiger partial charge in [-0.1, -0.05) is 12.1 Å². The van der Waals surface area contributed by atoms with Crippen LogP contribution in [0.15, 0.2) is 18.2 Å². The molecule has 0 bridgehead atoms. The Morgan fingerprint density at radius 3 is 2.62 bits per heavy atom. The molecule has 0 unspecified atom stereocenters. The van der Waals surface area contributed by atoms with Crippen LogP contribution in [0.2, 0.25) is 0 Å². The number of nitrogens with zero attached hydrogens (tertiary/aromatic N) is 2. The van der Waals surface area contributed by atoms with E-state index in [2.05, 4.69) is 0 Å². The maximum Gasteiger partial charge on any atom is 0.292 e. The molecule has 0 N–H and O–H groups in total. The van der Waals surface area contributed by atoms with Crippen LogP contribution in [0.4, 0.5) is 5.69 Å². The maximum absolute atomic E-state index is 8.43. The van der Waals surface area contributed by atoms with E-state index in [0.717, 1.165) is 11.3 Å². The molecule has 0 amide bonds. The first-order chi connectivity index (χ1) is 6.16. The van der Waals surface area contributed by atoms with Gasteiger partial charge in [0, 0.05) is 14.1 Å². The highest BCUT2D eigenvalue weighted by molar-refractivity contribution is 5.62. The van der Waals surface area contributed by atoms with Crippen LogP contribution >= 0.6 is 0 Å². The van der Waals surface area contributed by atoms with Crippen molar-refractivity contribution in [3.8, 4) is 12.0 Å². The minimum atomic E-state index is 0.604. The molecule has 0 radical (unpaired) electrons. The standard InChI is InChI=1S/C10H12N2O/c1-8-5-4-6-9(13-7-11)10(8)12(2)3/h4-6H,1-3H3. The largest absolute Gasteiger partial charge is 0.386 e. The number of hydrogen-bond acceptors (Lipinski definition) is 3. The summed E-state index contributed by atoms with van der Waals surface area (Å²) in [5, 5.41) is 8.43. The number of aryl methyl sites for hydroxylation is 1. The molecule has 3 nitrogen and oxygen atoms in total. The Morgan fingerprint density at radius 1 is 1.38 bits per heavy atom. The second-order valence-corrected chi connectivity index (χ2v) is 3.01. The SMILES string of the molecule is Cc1cccc(OC#N)c1N(C)C. The number of para-hydroxylation sites is 1. The number of hydrogen-bond donors (Lipinski definition) is 0. The molecule has 1 aromatic rings. The highest BCUT2D eigenvalue weighted by Crippen LogP contribution is 2.29. The third-order valence-corrected chi connectivity index (χ3v) is 1.80. The predicted octanol–water partition coefficient (Wildman–Crippen LogP) is 1.92. The molecule has 0 spiro atoms. The summed E-state index contributed by atoms with van der Waals surface area (Å²) < 4.78 is 4.84. The van der Waals surface area contributed by atoms with Gasteiger partial charge in [-0.15, -0.1) is 5.26 Å². The van der Waals surface area contributed by atoms with E-state index < -0.39 is 0 Å². The molecule has 13 heavy (non-hydrogen) atoms. The van der Waals surface area contributed by atoms with Gasteiger partial charge in [-0.3, -0.25) is 0 Å². The fourth-order valence-corrected chi connectivity index (χ4v) is 1.34. The van der Waals surface area contributed by atoms with E-state index >= 15 is 0 Å². The van der Waals surface area contributed by atoms with Crippen LogP contribution in [-0.2, 0) is 0 Å². The Balaban J connectivity index is 3.19. The van der Waals surface area contributed by atoms with Gasteiger partial charge in [0.15, 0.2) is 5.75 Å². The second-order valence-electron chi connectivity index (χ2n) is 3.01. The van der Waals surface area contributed by atoms with E-state index in [1.165, 1.54) is 0 Å². The zero-order chi connectivity index (χ0) is 9.84. The monoisotopic (exact) mass is 176 g/mol. The minimum absolute atomic E-state index is 0.604. The molecule has 0 saturated carbocycles. The van der Waals surface area contributed by atoms with Gasteiger partial charge in [-0.25, -0.2) is 0 Å². The van der Waals surface area contributed by atoms with Crippen molar-refractivity contribution in [2.45, 2.75) is 6.92 Å². The highest BCUT2D eigenvalue weighted by atomic mass is 16.5. The summed E-state index contributed by atoms with van der Waals surface area (Å²) in [5.74, 6) is 0.604. The van der Waals surface area contributed by atoms with Crippen molar-refractivity contribution in [1.82, 2.24) is 0 Å². The topological polar surface area (TPSA) is 36.3 Å². The van der Waals surface area contributed by atoms with Gasteiger partial charge in [0.1, 0.15) is 0 Å². The molecule has 3 heteroatoms. The molecule has 0 heterocycles. The normalized spacial score (nSPS) is 9.08. The lowest BCUT2D eigenvalue weighted by molar-refractivity contribution is 0.507. The van der Waals surface area contributed by atoms with Crippen LogP contribution in [0.1, 0.15) is 5.56 Å². The lowest BCUT2D eigenvalue weighted by atomic mass is 10.2. The Kier molecular flexibility index (Phi) is 2.76. The van der Waals surface area contributed by atoms with Gasteiger partial charge in [0.2, 0.25) is 0 Å². The molecule has 0 aliphatic heterocycles. The van der Waals surface area contributed by atoms with E-state index in [0.29, 0.717) is 5.75 Å². The van der Waals surface area contributed by atoms with Crippen molar-refractivity contribution in [3.05, 3.63) is 23.8 Å². The van der Waals surface area contributed by atoms with Crippen LogP contribution < -0.4 is 9.64 Å². The van der Waals surface area contributed by atoms with Gasteiger partial charge in [-0.2, -0.15) is 0 Å². The van der Waals surface area contributed by atoms with Crippen LogP contribution in [0.25, 0.3) is 0 Å². The van der Waals surface area contributed by atoms with Gasteiger partial charge in [0.25, 0.3) is 6.26 Å². The molecule has 0 aliphatic rings. The molecule has 1 rings (SSSR count). The Morgan fingerprint density at radius 2 is 2.08 bits per heavy atom. The van der Waals surface area contributed by atoms with Gasteiger partial charge in [-0.05, 0) is 18.6 Å². The van der Waals surface area contributed by atoms with Crippen molar-refractivity contribution >= 4 is 5.69 Å². The molecule has 1 aromatic carbocycles. The summed E-state index contributed by atoms with van der Waals surface area (Å²) in [4.78, 5) is 1.93.